The molecule has 7 rings (SSSR count). The highest BCUT2D eigenvalue weighted by molar-refractivity contribution is 6.31. The second-order valence-corrected chi connectivity index (χ2v) is 15.9. The molecule has 3 aliphatic heterocycles. The standard InChI is InChI=1S/C36H42Cl2FN3O5/c1-34(2)8-10-35(11-9-34)19-24(27(43)17-21-3-6-28(47-20-21)32(44)42-13-15-46-16-14-42)29(23-7-12-40-31(38)30(23)39)36(35)25-5-4-22(37)18-26(25)41-33(36)45/h4-5,7,12,18,21,24,28-29H,3,6,8-11,13-17,19-20H2,1-2H3,(H,41,45)/t21-,24-,28-,29-,36+/m0/s1. The summed E-state index contributed by atoms with van der Waals surface area (Å²) >= 11 is 12.7. The van der Waals surface area contributed by atoms with E-state index < -0.39 is 34.6 Å². The zero-order chi connectivity index (χ0) is 33.1. The number of ketones is 1. The molecule has 2 aromatic rings. The maximum absolute atomic E-state index is 16.2. The number of carbonyl (C=O) groups is 3. The maximum Gasteiger partial charge on any atom is 0.251 e. The zero-order valence-electron chi connectivity index (χ0n) is 27.0. The minimum atomic E-state index is -1.20. The van der Waals surface area contributed by atoms with Crippen molar-refractivity contribution in [2.45, 2.75) is 82.7 Å². The number of halogens is 3. The molecular weight excluding hydrogens is 644 g/mol. The average Bonchev–Trinajstić information content (AvgIpc) is 3.52. The van der Waals surface area contributed by atoms with Gasteiger partial charge in [-0.3, -0.25) is 14.4 Å². The van der Waals surface area contributed by atoms with E-state index in [0.717, 1.165) is 31.2 Å². The van der Waals surface area contributed by atoms with Crippen molar-refractivity contribution in [3.05, 3.63) is 57.6 Å². The van der Waals surface area contributed by atoms with Gasteiger partial charge in [0.2, 0.25) is 5.91 Å². The van der Waals surface area contributed by atoms with Crippen LogP contribution < -0.4 is 5.32 Å². The summed E-state index contributed by atoms with van der Waals surface area (Å²) in [6.07, 6.45) is 6.07. The van der Waals surface area contributed by atoms with Crippen LogP contribution >= 0.6 is 23.2 Å². The molecule has 252 valence electrons. The van der Waals surface area contributed by atoms with Crippen LogP contribution in [-0.4, -0.2) is 66.5 Å². The van der Waals surface area contributed by atoms with Gasteiger partial charge in [-0.1, -0.05) is 43.1 Å². The number of benzene rings is 1. The lowest BCUT2D eigenvalue weighted by Crippen LogP contribution is -2.52. The van der Waals surface area contributed by atoms with Gasteiger partial charge in [-0.05, 0) is 91.0 Å². The number of carbonyl (C=O) groups excluding carboxylic acids is 3. The van der Waals surface area contributed by atoms with Gasteiger partial charge in [-0.25, -0.2) is 9.37 Å². The molecule has 5 atom stereocenters. The van der Waals surface area contributed by atoms with E-state index in [4.69, 9.17) is 32.7 Å². The molecular formula is C36H42Cl2FN3O5. The van der Waals surface area contributed by atoms with E-state index in [1.165, 1.54) is 6.20 Å². The van der Waals surface area contributed by atoms with Gasteiger partial charge in [0.1, 0.15) is 11.9 Å². The molecule has 0 radical (unpaired) electrons. The van der Waals surface area contributed by atoms with Crippen LogP contribution in [-0.2, 0) is 29.3 Å². The fourth-order valence-corrected chi connectivity index (χ4v) is 9.82. The minimum absolute atomic E-state index is 0.00909. The van der Waals surface area contributed by atoms with Crippen molar-refractivity contribution in [2.24, 2.45) is 22.7 Å². The molecule has 4 heterocycles. The van der Waals surface area contributed by atoms with Crippen LogP contribution in [0.4, 0.5) is 10.1 Å². The molecule has 47 heavy (non-hydrogen) atoms. The summed E-state index contributed by atoms with van der Waals surface area (Å²) < 4.78 is 27.6. The smallest absolute Gasteiger partial charge is 0.251 e. The third-order valence-corrected chi connectivity index (χ3v) is 12.5. The number of hydrogen-bond donors (Lipinski definition) is 1. The molecule has 2 spiro atoms. The van der Waals surface area contributed by atoms with Gasteiger partial charge < -0.3 is 19.7 Å². The van der Waals surface area contributed by atoms with E-state index in [9.17, 15) is 14.4 Å². The van der Waals surface area contributed by atoms with E-state index in [0.29, 0.717) is 62.9 Å². The molecule has 11 heteroatoms. The van der Waals surface area contributed by atoms with Crippen molar-refractivity contribution in [1.82, 2.24) is 9.88 Å². The molecule has 4 fully saturated rings. The van der Waals surface area contributed by atoms with Crippen LogP contribution in [0.3, 0.4) is 0 Å². The number of amides is 2. The Hall–Kier alpha value is -2.59. The highest BCUT2D eigenvalue weighted by Gasteiger charge is 2.72. The van der Waals surface area contributed by atoms with Gasteiger partial charge in [0.25, 0.3) is 5.91 Å². The van der Waals surface area contributed by atoms with E-state index >= 15 is 4.39 Å². The van der Waals surface area contributed by atoms with Crippen LogP contribution in [0, 0.1) is 28.5 Å². The summed E-state index contributed by atoms with van der Waals surface area (Å²) in [5.74, 6) is -2.44. The van der Waals surface area contributed by atoms with Crippen molar-refractivity contribution in [3.8, 4) is 0 Å². The van der Waals surface area contributed by atoms with Gasteiger partial charge >= 0.3 is 0 Å². The fourth-order valence-electron chi connectivity index (χ4n) is 9.48. The molecule has 1 aromatic carbocycles. The summed E-state index contributed by atoms with van der Waals surface area (Å²) in [5, 5.41) is 3.32. The first-order valence-electron chi connectivity index (χ1n) is 16.9. The first-order chi connectivity index (χ1) is 22.5. The summed E-state index contributed by atoms with van der Waals surface area (Å²) in [6, 6.07) is 7.00. The number of ether oxygens (including phenoxy) is 2. The molecule has 1 aromatic heterocycles. The SMILES string of the molecule is CC1(C)CCC2(CC1)C[C@@H](C(=O)C[C@@H]1CC[C@@H](C(=O)N3CCOCC3)OC1)[C@H](c1ccnc(Cl)c1F)[C@]21C(=O)Nc2cc(Cl)ccc21. The summed E-state index contributed by atoms with van der Waals surface area (Å²) in [5.41, 5.74) is -0.0706. The Labute approximate surface area is 285 Å². The van der Waals surface area contributed by atoms with Crippen LogP contribution in [0.1, 0.15) is 82.3 Å². The van der Waals surface area contributed by atoms with Crippen LogP contribution in [0.2, 0.25) is 10.2 Å². The first-order valence-corrected chi connectivity index (χ1v) is 17.6. The van der Waals surface area contributed by atoms with Crippen molar-refractivity contribution in [3.63, 3.8) is 0 Å². The highest BCUT2D eigenvalue weighted by atomic mass is 35.5. The number of anilines is 1. The fraction of sp³-hybridized carbons (Fsp3) is 0.611. The van der Waals surface area contributed by atoms with E-state index in [-0.39, 0.29) is 46.1 Å². The number of morpholine rings is 1. The molecule has 2 saturated carbocycles. The largest absolute Gasteiger partial charge is 0.378 e. The molecule has 2 saturated heterocycles. The molecule has 0 bridgehead atoms. The Morgan fingerprint density at radius 3 is 2.53 bits per heavy atom. The quantitative estimate of drug-likeness (QED) is 0.351. The number of pyridine rings is 1. The molecule has 0 unspecified atom stereocenters. The normalized spacial score (nSPS) is 31.2. The Kier molecular flexibility index (Phi) is 8.68. The highest BCUT2D eigenvalue weighted by Crippen LogP contribution is 2.72. The minimum Gasteiger partial charge on any atom is -0.378 e. The Morgan fingerprint density at radius 1 is 1.09 bits per heavy atom. The predicted octanol–water partition coefficient (Wildman–Crippen LogP) is 6.72. The van der Waals surface area contributed by atoms with E-state index in [1.807, 2.05) is 6.07 Å². The number of rotatable bonds is 5. The molecule has 5 aliphatic rings. The van der Waals surface area contributed by atoms with Gasteiger partial charge in [0.05, 0.1) is 25.2 Å². The number of hydrogen-bond acceptors (Lipinski definition) is 6. The number of aromatic nitrogens is 1. The van der Waals surface area contributed by atoms with Crippen molar-refractivity contribution in [1.29, 1.82) is 0 Å². The van der Waals surface area contributed by atoms with Crippen molar-refractivity contribution < 1.29 is 28.2 Å². The van der Waals surface area contributed by atoms with Crippen molar-refractivity contribution >= 4 is 46.5 Å². The Bertz CT molecular complexity index is 1580. The van der Waals surface area contributed by atoms with Crippen LogP contribution in [0.15, 0.2) is 30.5 Å². The molecule has 8 nitrogen and oxygen atoms in total. The lowest BCUT2D eigenvalue weighted by atomic mass is 9.51. The summed E-state index contributed by atoms with van der Waals surface area (Å²) in [7, 11) is 0. The number of nitrogens with one attached hydrogen (secondary N) is 1. The number of Topliss-reactive ketones (excluding diaryl/α,β-unsaturated/α-hetero) is 1. The van der Waals surface area contributed by atoms with Gasteiger partial charge in [0, 0.05) is 48.3 Å². The first kappa shape index (κ1) is 32.9. The second kappa shape index (κ2) is 12.4. The third kappa shape index (κ3) is 5.49. The third-order valence-electron chi connectivity index (χ3n) is 12.0. The number of nitrogens with zero attached hydrogens (tertiary/aromatic N) is 2. The van der Waals surface area contributed by atoms with Gasteiger partial charge in [0.15, 0.2) is 11.0 Å². The maximum atomic E-state index is 16.2. The zero-order valence-corrected chi connectivity index (χ0v) is 28.5. The average molecular weight is 687 g/mol. The predicted molar refractivity (Wildman–Crippen MR) is 176 cm³/mol. The van der Waals surface area contributed by atoms with E-state index in [2.05, 4.69) is 24.1 Å². The van der Waals surface area contributed by atoms with Gasteiger partial charge in [-0.2, -0.15) is 0 Å². The van der Waals surface area contributed by atoms with Crippen LogP contribution in [0.5, 0.6) is 0 Å². The Morgan fingerprint density at radius 2 is 1.83 bits per heavy atom. The van der Waals surface area contributed by atoms with Gasteiger partial charge in [-0.15, -0.1) is 0 Å². The Balaban J connectivity index is 1.24. The number of fused-ring (bicyclic) bond motifs is 3. The van der Waals surface area contributed by atoms with Crippen LogP contribution in [0.25, 0.3) is 0 Å². The van der Waals surface area contributed by atoms with E-state index in [1.54, 1.807) is 23.1 Å². The lowest BCUT2D eigenvalue weighted by molar-refractivity contribution is -0.153. The molecule has 1 N–H and O–H groups in total. The topological polar surface area (TPSA) is 97.8 Å². The summed E-state index contributed by atoms with van der Waals surface area (Å²) in [6.45, 7) is 6.95. The monoisotopic (exact) mass is 685 g/mol. The lowest BCUT2D eigenvalue weighted by Gasteiger charge is -2.51. The van der Waals surface area contributed by atoms with Crippen molar-refractivity contribution in [2.75, 3.05) is 38.2 Å². The second-order valence-electron chi connectivity index (χ2n) is 15.1. The molecule has 2 amide bonds. The summed E-state index contributed by atoms with van der Waals surface area (Å²) in [4.78, 5) is 48.1. The molecule has 2 aliphatic carbocycles.